The number of nitrogens with zero attached hydrogens (tertiary/aromatic N) is 4. The van der Waals surface area contributed by atoms with Gasteiger partial charge in [-0.3, -0.25) is 4.90 Å². The van der Waals surface area contributed by atoms with Crippen molar-refractivity contribution >= 4 is 17.5 Å². The molecule has 1 fully saturated rings. The van der Waals surface area contributed by atoms with E-state index in [1.54, 1.807) is 6.20 Å². The molecule has 0 saturated carbocycles. The highest BCUT2D eigenvalue weighted by Crippen LogP contribution is 2.14. The number of anilines is 1. The van der Waals surface area contributed by atoms with Gasteiger partial charge < -0.3 is 9.64 Å². The van der Waals surface area contributed by atoms with Crippen molar-refractivity contribution < 1.29 is 4.74 Å². The normalized spacial score (nSPS) is 16.6. The minimum atomic E-state index is 0.662. The lowest BCUT2D eigenvalue weighted by Gasteiger charge is -2.34. The predicted molar refractivity (Wildman–Crippen MR) is 77.2 cm³/mol. The Morgan fingerprint density at radius 2 is 2.11 bits per heavy atom. The molecular formula is C13H21ClN4O. The monoisotopic (exact) mass is 284 g/mol. The maximum atomic E-state index is 5.76. The number of hydrogen-bond donors (Lipinski definition) is 0. The molecule has 0 atom stereocenters. The van der Waals surface area contributed by atoms with E-state index >= 15 is 0 Å². The Morgan fingerprint density at radius 1 is 1.32 bits per heavy atom. The van der Waals surface area contributed by atoms with Crippen LogP contribution in [0.4, 0.5) is 5.95 Å². The van der Waals surface area contributed by atoms with E-state index in [0.717, 1.165) is 45.1 Å². The molecule has 1 aromatic rings. The summed E-state index contributed by atoms with van der Waals surface area (Å²) in [6.45, 7) is 7.63. The van der Waals surface area contributed by atoms with Crippen molar-refractivity contribution in [2.45, 2.75) is 13.3 Å². The first-order valence-corrected chi connectivity index (χ1v) is 7.36. The first-order valence-electron chi connectivity index (χ1n) is 6.82. The second-order valence-electron chi connectivity index (χ2n) is 4.56. The molecule has 2 heterocycles. The lowest BCUT2D eigenvalue weighted by Crippen LogP contribution is -2.47. The van der Waals surface area contributed by atoms with Crippen molar-refractivity contribution in [2.24, 2.45) is 0 Å². The van der Waals surface area contributed by atoms with Gasteiger partial charge in [0.1, 0.15) is 0 Å². The van der Waals surface area contributed by atoms with Crippen LogP contribution >= 0.6 is 11.6 Å². The van der Waals surface area contributed by atoms with Gasteiger partial charge in [0.15, 0.2) is 0 Å². The van der Waals surface area contributed by atoms with Crippen LogP contribution in [0.2, 0.25) is 0 Å². The molecule has 0 N–H and O–H groups in total. The van der Waals surface area contributed by atoms with Gasteiger partial charge in [-0.05, 0) is 6.42 Å². The lowest BCUT2D eigenvalue weighted by atomic mass is 10.3. The van der Waals surface area contributed by atoms with Gasteiger partial charge in [0.05, 0.1) is 6.61 Å². The Labute approximate surface area is 119 Å². The zero-order valence-electron chi connectivity index (χ0n) is 11.4. The average molecular weight is 285 g/mol. The summed E-state index contributed by atoms with van der Waals surface area (Å²) in [7, 11) is 0. The standard InChI is InChI=1S/C13H21ClN4O/c1-2-11-19-12-3-5-15-13(16-12)18-9-7-17(6-4-14)8-10-18/h3,5H,2,4,6-11H2,1H3. The van der Waals surface area contributed by atoms with Gasteiger partial charge >= 0.3 is 0 Å². The Morgan fingerprint density at radius 3 is 2.79 bits per heavy atom. The molecule has 19 heavy (non-hydrogen) atoms. The average Bonchev–Trinajstić information content (AvgIpc) is 2.46. The van der Waals surface area contributed by atoms with Crippen molar-refractivity contribution in [1.82, 2.24) is 14.9 Å². The molecule has 0 radical (unpaired) electrons. The predicted octanol–water partition coefficient (Wildman–Crippen LogP) is 1.63. The number of ether oxygens (including phenoxy) is 1. The summed E-state index contributed by atoms with van der Waals surface area (Å²) in [6, 6.07) is 1.81. The minimum Gasteiger partial charge on any atom is -0.478 e. The fourth-order valence-electron chi connectivity index (χ4n) is 2.06. The maximum absolute atomic E-state index is 5.76. The van der Waals surface area contributed by atoms with Gasteiger partial charge in [-0.15, -0.1) is 11.6 Å². The lowest BCUT2D eigenvalue weighted by molar-refractivity contribution is 0.270. The Bertz CT molecular complexity index is 383. The summed E-state index contributed by atoms with van der Waals surface area (Å²) in [6.07, 6.45) is 2.74. The molecule has 5 nitrogen and oxygen atoms in total. The van der Waals surface area contributed by atoms with Crippen molar-refractivity contribution in [3.05, 3.63) is 12.3 Å². The molecule has 6 heteroatoms. The van der Waals surface area contributed by atoms with Crippen molar-refractivity contribution in [1.29, 1.82) is 0 Å². The molecular weight excluding hydrogens is 264 g/mol. The Balaban J connectivity index is 1.91. The van der Waals surface area contributed by atoms with Crippen LogP contribution in [-0.2, 0) is 0 Å². The number of hydrogen-bond acceptors (Lipinski definition) is 5. The van der Waals surface area contributed by atoms with Crippen LogP contribution in [0.3, 0.4) is 0 Å². The van der Waals surface area contributed by atoms with E-state index in [0.29, 0.717) is 18.4 Å². The Kier molecular flexibility index (Phi) is 5.66. The molecule has 1 saturated heterocycles. The molecule has 1 aliphatic heterocycles. The second kappa shape index (κ2) is 7.50. The van der Waals surface area contributed by atoms with Crippen LogP contribution in [0.15, 0.2) is 12.3 Å². The van der Waals surface area contributed by atoms with E-state index in [2.05, 4.69) is 26.7 Å². The topological polar surface area (TPSA) is 41.5 Å². The molecule has 0 bridgehead atoms. The summed E-state index contributed by atoms with van der Waals surface area (Å²) in [5.41, 5.74) is 0. The number of halogens is 1. The third-order valence-electron chi connectivity index (χ3n) is 3.13. The molecule has 1 aromatic heterocycles. The van der Waals surface area contributed by atoms with Crippen LogP contribution in [0.25, 0.3) is 0 Å². The molecule has 106 valence electrons. The SMILES string of the molecule is CCCOc1ccnc(N2CCN(CCCl)CC2)n1. The second-order valence-corrected chi connectivity index (χ2v) is 4.94. The molecule has 0 aromatic carbocycles. The van der Waals surface area contributed by atoms with E-state index in [1.807, 2.05) is 6.07 Å². The fraction of sp³-hybridized carbons (Fsp3) is 0.692. The minimum absolute atomic E-state index is 0.662. The van der Waals surface area contributed by atoms with Gasteiger partial charge in [0.2, 0.25) is 11.8 Å². The molecule has 1 aliphatic rings. The van der Waals surface area contributed by atoms with Gasteiger partial charge in [-0.25, -0.2) is 4.98 Å². The van der Waals surface area contributed by atoms with Crippen LogP contribution in [-0.4, -0.2) is 60.1 Å². The van der Waals surface area contributed by atoms with Gasteiger partial charge in [0, 0.05) is 50.9 Å². The van der Waals surface area contributed by atoms with E-state index in [-0.39, 0.29) is 0 Å². The van der Waals surface area contributed by atoms with Crippen LogP contribution in [0.1, 0.15) is 13.3 Å². The van der Waals surface area contributed by atoms with E-state index in [1.165, 1.54) is 0 Å². The smallest absolute Gasteiger partial charge is 0.228 e. The molecule has 0 amide bonds. The molecule has 0 spiro atoms. The van der Waals surface area contributed by atoms with Crippen LogP contribution in [0, 0.1) is 0 Å². The number of piperazine rings is 1. The largest absolute Gasteiger partial charge is 0.478 e. The third-order valence-corrected chi connectivity index (χ3v) is 3.30. The van der Waals surface area contributed by atoms with Gasteiger partial charge in [-0.2, -0.15) is 4.98 Å². The van der Waals surface area contributed by atoms with Gasteiger partial charge in [0.25, 0.3) is 0 Å². The summed E-state index contributed by atoms with van der Waals surface area (Å²) >= 11 is 5.76. The van der Waals surface area contributed by atoms with Gasteiger partial charge in [-0.1, -0.05) is 6.92 Å². The van der Waals surface area contributed by atoms with E-state index in [4.69, 9.17) is 16.3 Å². The quantitative estimate of drug-likeness (QED) is 0.743. The summed E-state index contributed by atoms with van der Waals surface area (Å²) in [5, 5.41) is 0. The Hall–Kier alpha value is -1.07. The van der Waals surface area contributed by atoms with Crippen LogP contribution < -0.4 is 9.64 Å². The first kappa shape index (κ1) is 14.3. The van der Waals surface area contributed by atoms with Crippen molar-refractivity contribution in [2.75, 3.05) is 50.1 Å². The van der Waals surface area contributed by atoms with Crippen LogP contribution in [0.5, 0.6) is 5.88 Å². The van der Waals surface area contributed by atoms with E-state index < -0.39 is 0 Å². The summed E-state index contributed by atoms with van der Waals surface area (Å²) in [4.78, 5) is 13.3. The zero-order valence-corrected chi connectivity index (χ0v) is 12.1. The van der Waals surface area contributed by atoms with Crippen molar-refractivity contribution in [3.63, 3.8) is 0 Å². The fourth-order valence-corrected chi connectivity index (χ4v) is 2.30. The maximum Gasteiger partial charge on any atom is 0.228 e. The summed E-state index contributed by atoms with van der Waals surface area (Å²) in [5.74, 6) is 2.12. The highest BCUT2D eigenvalue weighted by atomic mass is 35.5. The number of rotatable bonds is 6. The number of aromatic nitrogens is 2. The zero-order chi connectivity index (χ0) is 13.5. The number of alkyl halides is 1. The van der Waals surface area contributed by atoms with Crippen molar-refractivity contribution in [3.8, 4) is 5.88 Å². The molecule has 0 unspecified atom stereocenters. The molecule has 2 rings (SSSR count). The van der Waals surface area contributed by atoms with E-state index in [9.17, 15) is 0 Å². The first-order chi connectivity index (χ1) is 9.33. The highest BCUT2D eigenvalue weighted by molar-refractivity contribution is 6.18. The summed E-state index contributed by atoms with van der Waals surface area (Å²) < 4.78 is 5.54. The third kappa shape index (κ3) is 4.21. The highest BCUT2D eigenvalue weighted by Gasteiger charge is 2.18. The molecule has 0 aliphatic carbocycles.